The molecular formula is C15H18N4O3S. The first-order valence-corrected chi connectivity index (χ1v) is 7.32. The van der Waals surface area contributed by atoms with E-state index in [4.69, 9.17) is 21.4 Å². The summed E-state index contributed by atoms with van der Waals surface area (Å²) < 4.78 is 10.4. The van der Waals surface area contributed by atoms with Gasteiger partial charge in [-0.05, 0) is 36.5 Å². The summed E-state index contributed by atoms with van der Waals surface area (Å²) in [7, 11) is 1.57. The van der Waals surface area contributed by atoms with Crippen LogP contribution in [-0.4, -0.2) is 24.7 Å². The van der Waals surface area contributed by atoms with Gasteiger partial charge >= 0.3 is 0 Å². The average molecular weight is 334 g/mol. The smallest absolute Gasteiger partial charge is 0.257 e. The van der Waals surface area contributed by atoms with Gasteiger partial charge < -0.3 is 19.8 Å². The van der Waals surface area contributed by atoms with E-state index in [9.17, 15) is 4.79 Å². The number of hydrazine groups is 1. The third kappa shape index (κ3) is 5.51. The molecule has 1 amide bonds. The molecule has 0 bridgehead atoms. The van der Waals surface area contributed by atoms with Crippen molar-refractivity contribution in [3.05, 3.63) is 48.4 Å². The van der Waals surface area contributed by atoms with E-state index in [0.717, 1.165) is 11.4 Å². The molecule has 0 spiro atoms. The van der Waals surface area contributed by atoms with Gasteiger partial charge in [0.1, 0.15) is 11.5 Å². The zero-order valence-corrected chi connectivity index (χ0v) is 13.4. The molecule has 0 atom stereocenters. The lowest BCUT2D eigenvalue weighted by atomic mass is 10.3. The minimum Gasteiger partial charge on any atom is -0.495 e. The number of furan rings is 1. The lowest BCUT2D eigenvalue weighted by molar-refractivity contribution is -0.119. The van der Waals surface area contributed by atoms with Crippen LogP contribution in [0.15, 0.2) is 47.1 Å². The standard InChI is InChI=1S/C15H18N4O3S/c1-21-13-7-3-2-6-12(13)16-10-14(20)18-19-15(23)17-9-11-5-4-8-22-11/h2-8,16H,9-10H2,1H3,(H,18,20)(H2,17,19,23). The maximum Gasteiger partial charge on any atom is 0.257 e. The first-order chi connectivity index (χ1) is 11.2. The fourth-order valence-electron chi connectivity index (χ4n) is 1.76. The third-order valence-electron chi connectivity index (χ3n) is 2.87. The highest BCUT2D eigenvalue weighted by Gasteiger charge is 2.05. The zero-order valence-electron chi connectivity index (χ0n) is 12.6. The SMILES string of the molecule is COc1ccccc1NCC(=O)NNC(=S)NCc1ccco1. The fourth-order valence-corrected chi connectivity index (χ4v) is 1.88. The fraction of sp³-hybridized carbons (Fsp3) is 0.200. The molecule has 0 aliphatic carbocycles. The van der Waals surface area contributed by atoms with Gasteiger partial charge in [-0.3, -0.25) is 15.6 Å². The van der Waals surface area contributed by atoms with E-state index < -0.39 is 0 Å². The Morgan fingerprint density at radius 3 is 2.78 bits per heavy atom. The number of hydrogen-bond acceptors (Lipinski definition) is 5. The minimum absolute atomic E-state index is 0.0776. The number of hydrogen-bond donors (Lipinski definition) is 4. The molecule has 0 fully saturated rings. The molecule has 2 rings (SSSR count). The molecule has 0 unspecified atom stereocenters. The van der Waals surface area contributed by atoms with Gasteiger partial charge in [-0.25, -0.2) is 0 Å². The van der Waals surface area contributed by atoms with Crippen molar-refractivity contribution < 1.29 is 13.9 Å². The Hall–Kier alpha value is -2.74. The van der Waals surface area contributed by atoms with Crippen molar-refractivity contribution in [2.75, 3.05) is 19.0 Å². The molecule has 4 N–H and O–H groups in total. The molecule has 1 heterocycles. The molecule has 7 nitrogen and oxygen atoms in total. The molecule has 2 aromatic rings. The molecule has 0 saturated heterocycles. The van der Waals surface area contributed by atoms with Gasteiger partial charge in [0.25, 0.3) is 5.91 Å². The van der Waals surface area contributed by atoms with Gasteiger partial charge in [-0.1, -0.05) is 12.1 Å². The number of rotatable bonds is 6. The molecule has 122 valence electrons. The van der Waals surface area contributed by atoms with Gasteiger partial charge in [-0.2, -0.15) is 0 Å². The zero-order chi connectivity index (χ0) is 16.5. The first kappa shape index (κ1) is 16.6. The van der Waals surface area contributed by atoms with Crippen LogP contribution in [0.4, 0.5) is 5.69 Å². The number of amides is 1. The topological polar surface area (TPSA) is 87.6 Å². The Balaban J connectivity index is 1.67. The maximum atomic E-state index is 11.8. The van der Waals surface area contributed by atoms with Crippen molar-refractivity contribution >= 4 is 28.9 Å². The van der Waals surface area contributed by atoms with Gasteiger partial charge in [0.05, 0.1) is 32.1 Å². The van der Waals surface area contributed by atoms with Gasteiger partial charge in [0.2, 0.25) is 0 Å². The first-order valence-electron chi connectivity index (χ1n) is 6.91. The second kappa shape index (κ2) is 8.64. The average Bonchev–Trinajstić information content (AvgIpc) is 3.10. The summed E-state index contributed by atoms with van der Waals surface area (Å²) in [6, 6.07) is 11.0. The number of thiocarbonyl (C=S) groups is 1. The summed E-state index contributed by atoms with van der Waals surface area (Å²) >= 11 is 5.04. The van der Waals surface area contributed by atoms with E-state index in [0.29, 0.717) is 17.4 Å². The van der Waals surface area contributed by atoms with Crippen molar-refractivity contribution in [2.45, 2.75) is 6.54 Å². The molecule has 23 heavy (non-hydrogen) atoms. The second-order valence-corrected chi connectivity index (χ2v) is 4.90. The van der Waals surface area contributed by atoms with Gasteiger partial charge in [0.15, 0.2) is 5.11 Å². The maximum absolute atomic E-state index is 11.8. The molecular weight excluding hydrogens is 316 g/mol. The van der Waals surface area contributed by atoms with Crippen LogP contribution in [0.3, 0.4) is 0 Å². The second-order valence-electron chi connectivity index (χ2n) is 4.49. The third-order valence-corrected chi connectivity index (χ3v) is 3.11. The van der Waals surface area contributed by atoms with E-state index in [2.05, 4.69) is 21.5 Å². The Morgan fingerprint density at radius 1 is 1.22 bits per heavy atom. The molecule has 0 radical (unpaired) electrons. The number of anilines is 1. The Labute approximate surface area is 139 Å². The van der Waals surface area contributed by atoms with Crippen molar-refractivity contribution in [3.63, 3.8) is 0 Å². The monoisotopic (exact) mass is 334 g/mol. The Kier molecular flexibility index (Phi) is 6.25. The van der Waals surface area contributed by atoms with Crippen LogP contribution in [0, 0.1) is 0 Å². The van der Waals surface area contributed by atoms with Crippen LogP contribution in [-0.2, 0) is 11.3 Å². The number of ether oxygens (including phenoxy) is 1. The normalized spacial score (nSPS) is 9.78. The predicted octanol–water partition coefficient (Wildman–Crippen LogP) is 1.40. The molecule has 1 aromatic heterocycles. The Bertz CT molecular complexity index is 646. The number of carbonyl (C=O) groups excluding carboxylic acids is 1. The summed E-state index contributed by atoms with van der Waals surface area (Å²) in [6.45, 7) is 0.516. The number of para-hydroxylation sites is 2. The number of carbonyl (C=O) groups is 1. The molecule has 1 aromatic carbocycles. The minimum atomic E-state index is -0.266. The van der Waals surface area contributed by atoms with Gasteiger partial charge in [0, 0.05) is 0 Å². The highest BCUT2D eigenvalue weighted by atomic mass is 32.1. The van der Waals surface area contributed by atoms with Crippen LogP contribution in [0.5, 0.6) is 5.75 Å². The summed E-state index contributed by atoms with van der Waals surface area (Å²) in [5, 5.41) is 6.19. The lowest BCUT2D eigenvalue weighted by Gasteiger charge is -2.13. The quantitative estimate of drug-likeness (QED) is 0.469. The number of nitrogens with one attached hydrogen (secondary N) is 4. The highest BCUT2D eigenvalue weighted by molar-refractivity contribution is 7.80. The van der Waals surface area contributed by atoms with E-state index in [1.165, 1.54) is 0 Å². The number of methoxy groups -OCH3 is 1. The summed E-state index contributed by atoms with van der Waals surface area (Å²) in [5.74, 6) is 1.15. The molecule has 0 aliphatic rings. The van der Waals surface area contributed by atoms with E-state index in [1.54, 1.807) is 19.4 Å². The van der Waals surface area contributed by atoms with Crippen molar-refractivity contribution in [1.82, 2.24) is 16.2 Å². The summed E-state index contributed by atoms with van der Waals surface area (Å²) in [4.78, 5) is 11.8. The lowest BCUT2D eigenvalue weighted by Crippen LogP contribution is -2.48. The van der Waals surface area contributed by atoms with Gasteiger partial charge in [-0.15, -0.1) is 0 Å². The van der Waals surface area contributed by atoms with Crippen molar-refractivity contribution in [1.29, 1.82) is 0 Å². The van der Waals surface area contributed by atoms with Crippen LogP contribution >= 0.6 is 12.2 Å². The van der Waals surface area contributed by atoms with E-state index in [-0.39, 0.29) is 12.5 Å². The van der Waals surface area contributed by atoms with Crippen molar-refractivity contribution in [2.24, 2.45) is 0 Å². The number of benzene rings is 1. The molecule has 8 heteroatoms. The largest absolute Gasteiger partial charge is 0.495 e. The van der Waals surface area contributed by atoms with Crippen LogP contribution < -0.4 is 26.2 Å². The highest BCUT2D eigenvalue weighted by Crippen LogP contribution is 2.22. The van der Waals surface area contributed by atoms with Crippen molar-refractivity contribution in [3.8, 4) is 5.75 Å². The van der Waals surface area contributed by atoms with E-state index in [1.807, 2.05) is 30.3 Å². The predicted molar refractivity (Wildman–Crippen MR) is 90.9 cm³/mol. The van der Waals surface area contributed by atoms with Crippen LogP contribution in [0.2, 0.25) is 0 Å². The van der Waals surface area contributed by atoms with Crippen LogP contribution in [0.25, 0.3) is 0 Å². The molecule has 0 aliphatic heterocycles. The summed E-state index contributed by atoms with van der Waals surface area (Å²) in [5.41, 5.74) is 5.85. The molecule has 0 saturated carbocycles. The van der Waals surface area contributed by atoms with Crippen LogP contribution in [0.1, 0.15) is 5.76 Å². The summed E-state index contributed by atoms with van der Waals surface area (Å²) in [6.07, 6.45) is 1.58. The van der Waals surface area contributed by atoms with E-state index >= 15 is 0 Å². The Morgan fingerprint density at radius 2 is 2.04 bits per heavy atom.